The molecule has 29 heavy (non-hydrogen) atoms. The van der Waals surface area contributed by atoms with Crippen molar-refractivity contribution in [3.63, 3.8) is 0 Å². The highest BCUT2D eigenvalue weighted by molar-refractivity contribution is 9.10. The summed E-state index contributed by atoms with van der Waals surface area (Å²) in [7, 11) is 0. The van der Waals surface area contributed by atoms with Crippen LogP contribution in [0.1, 0.15) is 12.5 Å². The van der Waals surface area contributed by atoms with Crippen LogP contribution < -0.4 is 15.0 Å². The van der Waals surface area contributed by atoms with Gasteiger partial charge < -0.3 is 9.84 Å². The van der Waals surface area contributed by atoms with E-state index >= 15 is 0 Å². The number of carboxylic acid groups (broad SMARTS) is 1. The molecule has 3 rings (SSSR count). The molecule has 0 aliphatic carbocycles. The van der Waals surface area contributed by atoms with Crippen LogP contribution in [0.15, 0.2) is 58.6 Å². The molecule has 1 heterocycles. The van der Waals surface area contributed by atoms with Gasteiger partial charge in [0.05, 0.1) is 5.69 Å². The Labute approximate surface area is 173 Å². The van der Waals surface area contributed by atoms with Crippen molar-refractivity contribution in [1.29, 1.82) is 0 Å². The Morgan fingerprint density at radius 2 is 1.72 bits per heavy atom. The van der Waals surface area contributed by atoms with E-state index in [0.29, 0.717) is 17.0 Å². The number of halogens is 1. The standard InChI is InChI=1S/C20H15BrN2O6/c1-11(19(26)27)29-15-8-2-12(3-9-15)10-16-17(24)22-20(28)23(18(16)25)14-6-4-13(21)5-7-14/h2-11H,1H3,(H,26,27)(H,22,24,28)/b16-10-/t11-/m1/s1. The number of hydrogen-bond donors (Lipinski definition) is 2. The van der Waals surface area contributed by atoms with Crippen molar-refractivity contribution in [2.24, 2.45) is 0 Å². The topological polar surface area (TPSA) is 113 Å². The number of aliphatic carboxylic acids is 1. The highest BCUT2D eigenvalue weighted by atomic mass is 79.9. The third-order valence-corrected chi connectivity index (χ3v) is 4.57. The van der Waals surface area contributed by atoms with Crippen molar-refractivity contribution in [2.45, 2.75) is 13.0 Å². The first-order valence-corrected chi connectivity index (χ1v) is 9.22. The maximum absolute atomic E-state index is 12.8. The Morgan fingerprint density at radius 1 is 1.10 bits per heavy atom. The Hall–Kier alpha value is -3.46. The summed E-state index contributed by atoms with van der Waals surface area (Å²) in [6, 6.07) is 11.8. The van der Waals surface area contributed by atoms with Gasteiger partial charge in [-0.3, -0.25) is 14.9 Å². The van der Waals surface area contributed by atoms with Gasteiger partial charge in [0.25, 0.3) is 11.8 Å². The second-order valence-corrected chi connectivity index (χ2v) is 7.02. The first kappa shape index (κ1) is 20.3. The maximum atomic E-state index is 12.8. The van der Waals surface area contributed by atoms with E-state index in [2.05, 4.69) is 21.2 Å². The van der Waals surface area contributed by atoms with Crippen molar-refractivity contribution < 1.29 is 29.0 Å². The van der Waals surface area contributed by atoms with Gasteiger partial charge in [0.1, 0.15) is 11.3 Å². The second kappa shape index (κ2) is 8.27. The Kier molecular flexibility index (Phi) is 5.79. The molecule has 1 fully saturated rings. The molecule has 0 spiro atoms. The summed E-state index contributed by atoms with van der Waals surface area (Å²) >= 11 is 3.28. The molecule has 1 atom stereocenters. The van der Waals surface area contributed by atoms with Gasteiger partial charge in [0.15, 0.2) is 6.10 Å². The molecule has 0 bridgehead atoms. The highest BCUT2D eigenvalue weighted by Gasteiger charge is 2.36. The van der Waals surface area contributed by atoms with E-state index in [0.717, 1.165) is 9.37 Å². The summed E-state index contributed by atoms with van der Waals surface area (Å²) in [4.78, 5) is 48.9. The molecule has 8 nitrogen and oxygen atoms in total. The molecule has 2 aromatic rings. The zero-order chi connectivity index (χ0) is 21.1. The van der Waals surface area contributed by atoms with Crippen LogP contribution in [0.2, 0.25) is 0 Å². The molecule has 2 aromatic carbocycles. The lowest BCUT2D eigenvalue weighted by molar-refractivity contribution is -0.144. The summed E-state index contributed by atoms with van der Waals surface area (Å²) < 4.78 is 6.01. The van der Waals surface area contributed by atoms with Crippen LogP contribution in [0, 0.1) is 0 Å². The predicted molar refractivity (Wildman–Crippen MR) is 107 cm³/mol. The molecule has 1 aliphatic rings. The molecule has 0 aromatic heterocycles. The third-order valence-electron chi connectivity index (χ3n) is 4.04. The minimum atomic E-state index is -1.10. The van der Waals surface area contributed by atoms with E-state index in [1.54, 1.807) is 36.4 Å². The normalized spacial score (nSPS) is 16.6. The van der Waals surface area contributed by atoms with E-state index in [-0.39, 0.29) is 5.57 Å². The molecule has 4 amide bonds. The molecule has 0 radical (unpaired) electrons. The largest absolute Gasteiger partial charge is 0.479 e. The minimum absolute atomic E-state index is 0.208. The first-order valence-electron chi connectivity index (χ1n) is 8.43. The predicted octanol–water partition coefficient (Wildman–Crippen LogP) is 2.97. The number of carboxylic acids is 1. The van der Waals surface area contributed by atoms with E-state index in [9.17, 15) is 19.2 Å². The lowest BCUT2D eigenvalue weighted by Gasteiger charge is -2.26. The molecule has 0 unspecified atom stereocenters. The monoisotopic (exact) mass is 458 g/mol. The van der Waals surface area contributed by atoms with E-state index in [1.807, 2.05) is 0 Å². The average molecular weight is 459 g/mol. The molecule has 148 valence electrons. The van der Waals surface area contributed by atoms with Gasteiger partial charge in [-0.25, -0.2) is 14.5 Å². The van der Waals surface area contributed by atoms with E-state index in [4.69, 9.17) is 9.84 Å². The van der Waals surface area contributed by atoms with Gasteiger partial charge in [0.2, 0.25) is 0 Å². The van der Waals surface area contributed by atoms with Crippen molar-refractivity contribution >= 4 is 51.5 Å². The average Bonchev–Trinajstić information content (AvgIpc) is 2.67. The summed E-state index contributed by atoms with van der Waals surface area (Å²) in [5.74, 6) is -2.32. The number of ether oxygens (including phenoxy) is 1. The molecular formula is C20H15BrN2O6. The number of carbonyl (C=O) groups excluding carboxylic acids is 3. The Bertz CT molecular complexity index is 1010. The summed E-state index contributed by atoms with van der Waals surface area (Å²) in [6.45, 7) is 1.40. The second-order valence-electron chi connectivity index (χ2n) is 6.10. The van der Waals surface area contributed by atoms with Crippen LogP contribution in [0.3, 0.4) is 0 Å². The summed E-state index contributed by atoms with van der Waals surface area (Å²) in [6.07, 6.45) is 0.329. The number of imide groups is 2. The van der Waals surface area contributed by atoms with E-state index in [1.165, 1.54) is 25.1 Å². The van der Waals surface area contributed by atoms with Crippen LogP contribution in [0.5, 0.6) is 5.75 Å². The number of nitrogens with one attached hydrogen (secondary N) is 1. The van der Waals surface area contributed by atoms with Gasteiger partial charge in [-0.15, -0.1) is 0 Å². The molecule has 2 N–H and O–H groups in total. The molecule has 1 aliphatic heterocycles. The first-order chi connectivity index (χ1) is 13.8. The van der Waals surface area contributed by atoms with Crippen LogP contribution >= 0.6 is 15.9 Å². The molecular weight excluding hydrogens is 444 g/mol. The van der Waals surface area contributed by atoms with Gasteiger partial charge in [-0.05, 0) is 55.0 Å². The molecule has 0 saturated carbocycles. The number of barbiturate groups is 1. The quantitative estimate of drug-likeness (QED) is 0.525. The van der Waals surface area contributed by atoms with Crippen LogP contribution in [-0.4, -0.2) is 35.0 Å². The lowest BCUT2D eigenvalue weighted by Crippen LogP contribution is -2.54. The van der Waals surface area contributed by atoms with Gasteiger partial charge >= 0.3 is 12.0 Å². The zero-order valence-corrected chi connectivity index (χ0v) is 16.7. The third kappa shape index (κ3) is 4.52. The van der Waals surface area contributed by atoms with Crippen LogP contribution in [0.4, 0.5) is 10.5 Å². The minimum Gasteiger partial charge on any atom is -0.479 e. The number of nitrogens with zero attached hydrogens (tertiary/aromatic N) is 1. The van der Waals surface area contributed by atoms with Crippen LogP contribution in [0.25, 0.3) is 6.08 Å². The maximum Gasteiger partial charge on any atom is 0.344 e. The fourth-order valence-electron chi connectivity index (χ4n) is 2.55. The number of amides is 4. The molecule has 9 heteroatoms. The SMILES string of the molecule is C[C@@H](Oc1ccc(/C=C2/C(=O)NC(=O)N(c3ccc(Br)cc3)C2=O)cc1)C(=O)O. The van der Waals surface area contributed by atoms with Crippen molar-refractivity contribution in [2.75, 3.05) is 4.90 Å². The number of hydrogen-bond acceptors (Lipinski definition) is 5. The fraction of sp³-hybridized carbons (Fsp3) is 0.100. The number of urea groups is 1. The van der Waals surface area contributed by atoms with Crippen molar-refractivity contribution in [3.8, 4) is 5.75 Å². The number of carbonyl (C=O) groups is 4. The number of rotatable bonds is 5. The van der Waals surface area contributed by atoms with Gasteiger partial charge in [-0.2, -0.15) is 0 Å². The fourth-order valence-corrected chi connectivity index (χ4v) is 2.81. The highest BCUT2D eigenvalue weighted by Crippen LogP contribution is 2.24. The Balaban J connectivity index is 1.86. The summed E-state index contributed by atoms with van der Waals surface area (Å²) in [5.41, 5.74) is 0.615. The Morgan fingerprint density at radius 3 is 2.31 bits per heavy atom. The molecule has 1 saturated heterocycles. The number of anilines is 1. The van der Waals surface area contributed by atoms with Gasteiger partial charge in [-0.1, -0.05) is 28.1 Å². The smallest absolute Gasteiger partial charge is 0.344 e. The lowest BCUT2D eigenvalue weighted by atomic mass is 10.1. The van der Waals surface area contributed by atoms with E-state index < -0.39 is 29.9 Å². The van der Waals surface area contributed by atoms with Crippen LogP contribution in [-0.2, 0) is 14.4 Å². The number of benzene rings is 2. The van der Waals surface area contributed by atoms with Gasteiger partial charge in [0, 0.05) is 4.47 Å². The summed E-state index contributed by atoms with van der Waals surface area (Å²) in [5, 5.41) is 11.0. The van der Waals surface area contributed by atoms with Crippen molar-refractivity contribution in [3.05, 3.63) is 64.1 Å². The zero-order valence-electron chi connectivity index (χ0n) is 15.1. The van der Waals surface area contributed by atoms with Crippen molar-refractivity contribution in [1.82, 2.24) is 5.32 Å².